The van der Waals surface area contributed by atoms with E-state index in [1.54, 1.807) is 31.2 Å². The van der Waals surface area contributed by atoms with Crippen LogP contribution in [0, 0.1) is 12.7 Å². The quantitative estimate of drug-likeness (QED) is 0.854. The molecular weight excluding hydrogens is 279 g/mol. The Morgan fingerprint density at radius 3 is 2.45 bits per heavy atom. The Morgan fingerprint density at radius 2 is 1.85 bits per heavy atom. The van der Waals surface area contributed by atoms with Gasteiger partial charge in [0.2, 0.25) is 0 Å². The van der Waals surface area contributed by atoms with Crippen LogP contribution in [0.5, 0.6) is 0 Å². The van der Waals surface area contributed by atoms with Gasteiger partial charge in [-0.15, -0.1) is 0 Å². The minimum Gasteiger partial charge on any atom is -0.396 e. The number of nitrogens with two attached hydrogens (primary N) is 1. The molecular formula is C14H15FN2O2S. The van der Waals surface area contributed by atoms with E-state index in [1.807, 2.05) is 0 Å². The average Bonchev–Trinajstić information content (AvgIpc) is 2.33. The van der Waals surface area contributed by atoms with Crippen LogP contribution in [0.4, 0.5) is 21.5 Å². The Bertz CT molecular complexity index is 758. The summed E-state index contributed by atoms with van der Waals surface area (Å²) < 4.78 is 37.0. The van der Waals surface area contributed by atoms with Crippen LogP contribution in [-0.4, -0.2) is 14.7 Å². The lowest BCUT2D eigenvalue weighted by molar-refractivity contribution is 0.602. The van der Waals surface area contributed by atoms with Gasteiger partial charge < -0.3 is 11.1 Å². The molecule has 2 rings (SSSR count). The number of anilines is 3. The van der Waals surface area contributed by atoms with Crippen LogP contribution in [0.2, 0.25) is 0 Å². The Kier molecular flexibility index (Phi) is 3.67. The SMILES string of the molecule is Cc1ccc(Nc2cccc(S(C)(=O)=O)c2N)c(F)c1. The lowest BCUT2D eigenvalue weighted by Crippen LogP contribution is -2.05. The van der Waals surface area contributed by atoms with E-state index < -0.39 is 15.7 Å². The normalized spacial score (nSPS) is 11.3. The Hall–Kier alpha value is -2.08. The second-order valence-corrected chi connectivity index (χ2v) is 6.58. The van der Waals surface area contributed by atoms with Gasteiger partial charge in [0.05, 0.1) is 22.0 Å². The summed E-state index contributed by atoms with van der Waals surface area (Å²) in [5, 5.41) is 2.82. The molecule has 0 saturated heterocycles. The molecule has 0 atom stereocenters. The molecule has 2 aromatic carbocycles. The number of benzene rings is 2. The van der Waals surface area contributed by atoms with E-state index in [1.165, 1.54) is 12.1 Å². The van der Waals surface area contributed by atoms with Crippen LogP contribution in [0.1, 0.15) is 5.56 Å². The van der Waals surface area contributed by atoms with Crippen molar-refractivity contribution in [3.05, 3.63) is 47.8 Å². The zero-order valence-electron chi connectivity index (χ0n) is 11.1. The smallest absolute Gasteiger partial charge is 0.177 e. The van der Waals surface area contributed by atoms with Gasteiger partial charge in [0, 0.05) is 6.26 Å². The fourth-order valence-corrected chi connectivity index (χ4v) is 2.68. The van der Waals surface area contributed by atoms with Crippen molar-refractivity contribution >= 4 is 26.9 Å². The van der Waals surface area contributed by atoms with Crippen LogP contribution < -0.4 is 11.1 Å². The van der Waals surface area contributed by atoms with E-state index in [4.69, 9.17) is 5.73 Å². The highest BCUT2D eigenvalue weighted by atomic mass is 32.2. The first-order chi connectivity index (χ1) is 9.29. The molecule has 4 nitrogen and oxygen atoms in total. The second kappa shape index (κ2) is 5.13. The van der Waals surface area contributed by atoms with Crippen molar-refractivity contribution in [3.8, 4) is 0 Å². The molecule has 2 aromatic rings. The predicted octanol–water partition coefficient (Wildman–Crippen LogP) is 2.86. The molecule has 20 heavy (non-hydrogen) atoms. The zero-order valence-corrected chi connectivity index (χ0v) is 12.0. The number of hydrogen-bond acceptors (Lipinski definition) is 4. The molecule has 0 aliphatic heterocycles. The topological polar surface area (TPSA) is 72.2 Å². The van der Waals surface area contributed by atoms with Crippen LogP contribution in [0.25, 0.3) is 0 Å². The number of aryl methyl sites for hydroxylation is 1. The first-order valence-electron chi connectivity index (χ1n) is 5.91. The summed E-state index contributed by atoms with van der Waals surface area (Å²) in [6, 6.07) is 9.30. The second-order valence-electron chi connectivity index (χ2n) is 4.60. The number of rotatable bonds is 3. The van der Waals surface area contributed by atoms with Gasteiger partial charge in [0.25, 0.3) is 0 Å². The van der Waals surface area contributed by atoms with Crippen molar-refractivity contribution in [3.63, 3.8) is 0 Å². The number of sulfone groups is 1. The summed E-state index contributed by atoms with van der Waals surface area (Å²) in [7, 11) is -3.42. The van der Waals surface area contributed by atoms with Crippen molar-refractivity contribution < 1.29 is 12.8 Å². The van der Waals surface area contributed by atoms with E-state index in [0.29, 0.717) is 5.69 Å². The first kappa shape index (κ1) is 14.3. The molecule has 0 radical (unpaired) electrons. The molecule has 0 amide bonds. The van der Waals surface area contributed by atoms with Crippen LogP contribution in [-0.2, 0) is 9.84 Å². The number of hydrogen-bond donors (Lipinski definition) is 2. The number of halogens is 1. The molecule has 0 fully saturated rings. The highest BCUT2D eigenvalue weighted by molar-refractivity contribution is 7.90. The monoisotopic (exact) mass is 294 g/mol. The Balaban J connectivity index is 2.45. The highest BCUT2D eigenvalue weighted by Gasteiger charge is 2.14. The van der Waals surface area contributed by atoms with Crippen molar-refractivity contribution in [2.75, 3.05) is 17.3 Å². The van der Waals surface area contributed by atoms with Gasteiger partial charge in [-0.3, -0.25) is 0 Å². The highest BCUT2D eigenvalue weighted by Crippen LogP contribution is 2.30. The summed E-state index contributed by atoms with van der Waals surface area (Å²) in [4.78, 5) is 0.0232. The van der Waals surface area contributed by atoms with Crippen LogP contribution in [0.3, 0.4) is 0 Å². The molecule has 106 valence electrons. The summed E-state index contributed by atoms with van der Waals surface area (Å²) in [5.41, 5.74) is 7.31. The van der Waals surface area contributed by atoms with Gasteiger partial charge in [0.15, 0.2) is 9.84 Å². The van der Waals surface area contributed by atoms with Crippen molar-refractivity contribution in [2.24, 2.45) is 0 Å². The standard InChI is InChI=1S/C14H15FN2O2S/c1-9-6-7-11(10(15)8-9)17-12-4-3-5-13(14(12)16)20(2,18)19/h3-8,17H,16H2,1-2H3. The third kappa shape index (κ3) is 2.91. The van der Waals surface area contributed by atoms with Gasteiger partial charge >= 0.3 is 0 Å². The van der Waals surface area contributed by atoms with Gasteiger partial charge in [0.1, 0.15) is 5.82 Å². The van der Waals surface area contributed by atoms with E-state index in [0.717, 1.165) is 11.8 Å². The van der Waals surface area contributed by atoms with Crippen LogP contribution >= 0.6 is 0 Å². The molecule has 3 N–H and O–H groups in total. The molecule has 0 heterocycles. The molecule has 0 aliphatic rings. The third-order valence-corrected chi connectivity index (χ3v) is 4.01. The summed E-state index contributed by atoms with van der Waals surface area (Å²) in [5.74, 6) is -0.422. The van der Waals surface area contributed by atoms with Crippen molar-refractivity contribution in [2.45, 2.75) is 11.8 Å². The minimum absolute atomic E-state index is 0.0232. The number of para-hydroxylation sites is 1. The molecule has 0 saturated carbocycles. The third-order valence-electron chi connectivity index (χ3n) is 2.86. The number of nitrogen functional groups attached to an aromatic ring is 1. The summed E-state index contributed by atoms with van der Waals surface area (Å²) >= 11 is 0. The van der Waals surface area contributed by atoms with Gasteiger partial charge in [-0.25, -0.2) is 12.8 Å². The Morgan fingerprint density at radius 1 is 1.15 bits per heavy atom. The maximum atomic E-state index is 13.8. The largest absolute Gasteiger partial charge is 0.396 e. The molecule has 6 heteroatoms. The molecule has 0 unspecified atom stereocenters. The molecule has 0 aliphatic carbocycles. The fourth-order valence-electron chi connectivity index (χ4n) is 1.84. The van der Waals surface area contributed by atoms with Crippen molar-refractivity contribution in [1.82, 2.24) is 0 Å². The summed E-state index contributed by atoms with van der Waals surface area (Å²) in [6.07, 6.45) is 1.08. The van der Waals surface area contributed by atoms with E-state index in [9.17, 15) is 12.8 Å². The van der Waals surface area contributed by atoms with E-state index >= 15 is 0 Å². The van der Waals surface area contributed by atoms with Crippen LogP contribution in [0.15, 0.2) is 41.3 Å². The maximum absolute atomic E-state index is 13.8. The first-order valence-corrected chi connectivity index (χ1v) is 7.80. The zero-order chi connectivity index (χ0) is 14.9. The van der Waals surface area contributed by atoms with Gasteiger partial charge in [-0.2, -0.15) is 0 Å². The average molecular weight is 294 g/mol. The molecule has 0 bridgehead atoms. The van der Waals surface area contributed by atoms with Crippen molar-refractivity contribution in [1.29, 1.82) is 0 Å². The lowest BCUT2D eigenvalue weighted by atomic mass is 10.2. The maximum Gasteiger partial charge on any atom is 0.177 e. The molecule has 0 spiro atoms. The molecule has 0 aromatic heterocycles. The van der Waals surface area contributed by atoms with E-state index in [-0.39, 0.29) is 16.3 Å². The minimum atomic E-state index is -3.42. The van der Waals surface area contributed by atoms with Gasteiger partial charge in [-0.05, 0) is 36.8 Å². The number of nitrogens with one attached hydrogen (secondary N) is 1. The Labute approximate surface area is 117 Å². The lowest BCUT2D eigenvalue weighted by Gasteiger charge is -2.13. The van der Waals surface area contributed by atoms with E-state index in [2.05, 4.69) is 5.32 Å². The fraction of sp³-hybridized carbons (Fsp3) is 0.143. The summed E-state index contributed by atoms with van der Waals surface area (Å²) in [6.45, 7) is 1.78. The van der Waals surface area contributed by atoms with Gasteiger partial charge in [-0.1, -0.05) is 12.1 Å². The predicted molar refractivity (Wildman–Crippen MR) is 78.4 cm³/mol.